The van der Waals surface area contributed by atoms with Crippen molar-refractivity contribution in [3.05, 3.63) is 18.1 Å². The first-order valence-electron chi connectivity index (χ1n) is 4.62. The maximum atomic E-state index is 11.2. The van der Waals surface area contributed by atoms with Gasteiger partial charge in [0.15, 0.2) is 0 Å². The highest BCUT2D eigenvalue weighted by molar-refractivity contribution is 5.85. The molecule has 15 heavy (non-hydrogen) atoms. The average Bonchev–Trinajstić information content (AvgIpc) is 2.14. The van der Waals surface area contributed by atoms with Crippen molar-refractivity contribution in [2.75, 3.05) is 12.4 Å². The monoisotopic (exact) mass is 209 g/mol. The predicted octanol–water partition coefficient (Wildman–Crippen LogP) is 1.47. The fourth-order valence-electron chi connectivity index (χ4n) is 1.00. The normalized spacial score (nSPS) is 10.9. The third kappa shape index (κ3) is 3.53. The van der Waals surface area contributed by atoms with Crippen molar-refractivity contribution in [3.63, 3.8) is 0 Å². The number of hydrogen-bond acceptors (Lipinski definition) is 5. The van der Waals surface area contributed by atoms with Gasteiger partial charge in [0.25, 0.3) is 0 Å². The van der Waals surface area contributed by atoms with Gasteiger partial charge in [-0.25, -0.2) is 14.8 Å². The lowest BCUT2D eigenvalue weighted by Gasteiger charge is -2.21. The summed E-state index contributed by atoms with van der Waals surface area (Å²) in [7, 11) is 1.30. The number of nitrogens with zero attached hydrogens (tertiary/aromatic N) is 2. The van der Waals surface area contributed by atoms with Gasteiger partial charge in [-0.1, -0.05) is 0 Å². The van der Waals surface area contributed by atoms with E-state index in [1.165, 1.54) is 13.3 Å². The molecular formula is C10H15N3O2. The second kappa shape index (κ2) is 4.25. The first kappa shape index (κ1) is 11.4. The summed E-state index contributed by atoms with van der Waals surface area (Å²) in [5.41, 5.74) is -0.109. The van der Waals surface area contributed by atoms with Gasteiger partial charge in [0.2, 0.25) is 5.82 Å². The van der Waals surface area contributed by atoms with E-state index in [0.717, 1.165) is 0 Å². The molecule has 1 heterocycles. The van der Waals surface area contributed by atoms with E-state index in [0.29, 0.717) is 5.82 Å². The number of ether oxygens (including phenoxy) is 1. The van der Waals surface area contributed by atoms with Crippen molar-refractivity contribution in [3.8, 4) is 0 Å². The third-order valence-electron chi connectivity index (χ3n) is 1.53. The van der Waals surface area contributed by atoms with Crippen LogP contribution in [0.25, 0.3) is 0 Å². The molecule has 1 aromatic heterocycles. The number of aromatic nitrogens is 2. The molecule has 0 atom stereocenters. The van der Waals surface area contributed by atoms with Gasteiger partial charge >= 0.3 is 5.97 Å². The standard InChI is InChI=1S/C10H15N3O2/c1-10(2,3)13-7-5-6-11-8(12-7)9(14)15-4/h5-6H,1-4H3,(H,11,12,13). The molecule has 0 saturated heterocycles. The van der Waals surface area contributed by atoms with Gasteiger partial charge in [0, 0.05) is 11.7 Å². The largest absolute Gasteiger partial charge is 0.463 e. The van der Waals surface area contributed by atoms with Crippen LogP contribution in [0.1, 0.15) is 31.4 Å². The lowest BCUT2D eigenvalue weighted by atomic mass is 10.1. The molecule has 0 unspecified atom stereocenters. The SMILES string of the molecule is COC(=O)c1nccc(NC(C)(C)C)n1. The Hall–Kier alpha value is -1.65. The lowest BCUT2D eigenvalue weighted by molar-refractivity contribution is 0.0587. The van der Waals surface area contributed by atoms with Crippen molar-refractivity contribution < 1.29 is 9.53 Å². The van der Waals surface area contributed by atoms with E-state index in [9.17, 15) is 4.79 Å². The molecule has 5 nitrogen and oxygen atoms in total. The molecule has 0 aliphatic heterocycles. The van der Waals surface area contributed by atoms with Gasteiger partial charge in [-0.15, -0.1) is 0 Å². The molecule has 0 fully saturated rings. The quantitative estimate of drug-likeness (QED) is 0.747. The molecule has 1 rings (SSSR count). The summed E-state index contributed by atoms with van der Waals surface area (Å²) in [5.74, 6) is 0.136. The zero-order valence-electron chi connectivity index (χ0n) is 9.37. The minimum absolute atomic E-state index is 0.0618. The number of anilines is 1. The molecule has 5 heteroatoms. The average molecular weight is 209 g/mol. The van der Waals surface area contributed by atoms with Gasteiger partial charge in [-0.05, 0) is 26.8 Å². The van der Waals surface area contributed by atoms with E-state index in [4.69, 9.17) is 0 Å². The summed E-state index contributed by atoms with van der Waals surface area (Å²) < 4.78 is 4.53. The van der Waals surface area contributed by atoms with Crippen molar-refractivity contribution >= 4 is 11.8 Å². The first-order valence-corrected chi connectivity index (χ1v) is 4.62. The minimum atomic E-state index is -0.535. The smallest absolute Gasteiger partial charge is 0.376 e. The molecule has 0 spiro atoms. The number of rotatable bonds is 2. The minimum Gasteiger partial charge on any atom is -0.463 e. The molecule has 0 bridgehead atoms. The van der Waals surface area contributed by atoms with Gasteiger partial charge in [-0.3, -0.25) is 0 Å². The van der Waals surface area contributed by atoms with Crippen LogP contribution in [0.15, 0.2) is 12.3 Å². The van der Waals surface area contributed by atoms with E-state index >= 15 is 0 Å². The van der Waals surface area contributed by atoms with E-state index in [-0.39, 0.29) is 11.4 Å². The zero-order valence-corrected chi connectivity index (χ0v) is 9.37. The molecular weight excluding hydrogens is 194 g/mol. The Balaban J connectivity index is 2.88. The highest BCUT2D eigenvalue weighted by atomic mass is 16.5. The summed E-state index contributed by atoms with van der Waals surface area (Å²) >= 11 is 0. The van der Waals surface area contributed by atoms with Gasteiger partial charge in [-0.2, -0.15) is 0 Å². The van der Waals surface area contributed by atoms with E-state index in [2.05, 4.69) is 20.0 Å². The molecule has 0 saturated carbocycles. The van der Waals surface area contributed by atoms with E-state index < -0.39 is 5.97 Å². The number of carbonyl (C=O) groups excluding carboxylic acids is 1. The summed E-state index contributed by atoms with van der Waals surface area (Å²) in [4.78, 5) is 19.0. The second-order valence-electron chi connectivity index (χ2n) is 4.13. The Morgan fingerprint density at radius 2 is 2.13 bits per heavy atom. The van der Waals surface area contributed by atoms with Crippen LogP contribution in [0, 0.1) is 0 Å². The van der Waals surface area contributed by atoms with Gasteiger partial charge < -0.3 is 10.1 Å². The molecule has 1 N–H and O–H groups in total. The number of esters is 1. The number of methoxy groups -OCH3 is 1. The predicted molar refractivity (Wildman–Crippen MR) is 56.7 cm³/mol. The van der Waals surface area contributed by atoms with E-state index in [1.807, 2.05) is 20.8 Å². The molecule has 0 aliphatic carbocycles. The van der Waals surface area contributed by atoms with Crippen LogP contribution in [0.3, 0.4) is 0 Å². The van der Waals surface area contributed by atoms with Crippen LogP contribution < -0.4 is 5.32 Å². The second-order valence-corrected chi connectivity index (χ2v) is 4.13. The summed E-state index contributed by atoms with van der Waals surface area (Å²) in [5, 5.41) is 3.14. The molecule has 0 aliphatic rings. The van der Waals surface area contributed by atoms with Crippen LogP contribution in [0.5, 0.6) is 0 Å². The lowest BCUT2D eigenvalue weighted by Crippen LogP contribution is -2.27. The maximum Gasteiger partial charge on any atom is 0.376 e. The number of hydrogen-bond donors (Lipinski definition) is 1. The van der Waals surface area contributed by atoms with Crippen molar-refractivity contribution in [2.24, 2.45) is 0 Å². The Morgan fingerprint density at radius 1 is 1.47 bits per heavy atom. The molecule has 0 aromatic carbocycles. The Morgan fingerprint density at radius 3 is 2.67 bits per heavy atom. The first-order chi connectivity index (χ1) is 6.92. The molecule has 1 aromatic rings. The summed E-state index contributed by atoms with van der Waals surface area (Å²) in [6, 6.07) is 1.71. The van der Waals surface area contributed by atoms with Crippen LogP contribution in [0.2, 0.25) is 0 Å². The maximum absolute atomic E-state index is 11.2. The van der Waals surface area contributed by atoms with Crippen LogP contribution in [-0.4, -0.2) is 28.6 Å². The summed E-state index contributed by atoms with van der Waals surface area (Å²) in [6.45, 7) is 6.02. The fraction of sp³-hybridized carbons (Fsp3) is 0.500. The molecule has 0 radical (unpaired) electrons. The van der Waals surface area contributed by atoms with Gasteiger partial charge in [0.1, 0.15) is 5.82 Å². The van der Waals surface area contributed by atoms with Crippen molar-refractivity contribution in [1.82, 2.24) is 9.97 Å². The summed E-state index contributed by atoms with van der Waals surface area (Å²) in [6.07, 6.45) is 1.52. The van der Waals surface area contributed by atoms with Crippen molar-refractivity contribution in [1.29, 1.82) is 0 Å². The highest BCUT2D eigenvalue weighted by Crippen LogP contribution is 2.11. The molecule has 82 valence electrons. The van der Waals surface area contributed by atoms with Crippen LogP contribution >= 0.6 is 0 Å². The zero-order chi connectivity index (χ0) is 11.5. The topological polar surface area (TPSA) is 64.1 Å². The van der Waals surface area contributed by atoms with Crippen LogP contribution in [-0.2, 0) is 4.74 Å². The number of carbonyl (C=O) groups is 1. The number of nitrogens with one attached hydrogen (secondary N) is 1. The Kier molecular flexibility index (Phi) is 3.24. The van der Waals surface area contributed by atoms with E-state index in [1.54, 1.807) is 6.07 Å². The third-order valence-corrected chi connectivity index (χ3v) is 1.53. The van der Waals surface area contributed by atoms with Gasteiger partial charge in [0.05, 0.1) is 7.11 Å². The fourth-order valence-corrected chi connectivity index (χ4v) is 1.00. The molecule has 0 amide bonds. The highest BCUT2D eigenvalue weighted by Gasteiger charge is 2.13. The Labute approximate surface area is 88.9 Å². The van der Waals surface area contributed by atoms with Crippen LogP contribution in [0.4, 0.5) is 5.82 Å². The Bertz CT molecular complexity index is 358. The van der Waals surface area contributed by atoms with Crippen molar-refractivity contribution in [2.45, 2.75) is 26.3 Å².